The molecular weight excluding hydrogens is 452 g/mol. The third-order valence-electron chi connectivity index (χ3n) is 7.10. The molecule has 1 amide bonds. The summed E-state index contributed by atoms with van der Waals surface area (Å²) in [5.41, 5.74) is 9.57. The summed E-state index contributed by atoms with van der Waals surface area (Å²) in [6, 6.07) is 12.3. The molecule has 0 saturated carbocycles. The molecule has 1 fully saturated rings. The number of anilines is 1. The number of nitrogens with zero attached hydrogens (tertiary/aromatic N) is 3. The SMILES string of the molecule is CN1CCOc2cc(Cc3cccc([C@]4(C)CC(=O)N(C5CCOCC5)C(N)=N4)c3Cl)ccc21. The highest BCUT2D eigenvalue weighted by Gasteiger charge is 2.41. The molecule has 3 heterocycles. The van der Waals surface area contributed by atoms with Crippen molar-refractivity contribution in [2.24, 2.45) is 10.7 Å². The van der Waals surface area contributed by atoms with Crippen LogP contribution in [0.4, 0.5) is 5.69 Å². The summed E-state index contributed by atoms with van der Waals surface area (Å²) in [7, 11) is 2.07. The molecule has 0 aromatic heterocycles. The Bertz CT molecular complexity index is 1130. The fourth-order valence-electron chi connectivity index (χ4n) is 5.21. The smallest absolute Gasteiger partial charge is 0.232 e. The number of amides is 1. The fraction of sp³-hybridized carbons (Fsp3) is 0.462. The van der Waals surface area contributed by atoms with Gasteiger partial charge in [-0.15, -0.1) is 0 Å². The minimum absolute atomic E-state index is 0.0145. The maximum Gasteiger partial charge on any atom is 0.232 e. The molecule has 3 aliphatic heterocycles. The van der Waals surface area contributed by atoms with Gasteiger partial charge in [-0.2, -0.15) is 0 Å². The summed E-state index contributed by atoms with van der Waals surface area (Å²) in [6.07, 6.45) is 2.43. The zero-order valence-electron chi connectivity index (χ0n) is 19.7. The van der Waals surface area contributed by atoms with Crippen LogP contribution >= 0.6 is 11.6 Å². The summed E-state index contributed by atoms with van der Waals surface area (Å²) in [5, 5.41) is 0.629. The number of guanidine groups is 1. The Morgan fingerprint density at radius 3 is 2.76 bits per heavy atom. The largest absolute Gasteiger partial charge is 0.490 e. The summed E-state index contributed by atoms with van der Waals surface area (Å²) in [6.45, 7) is 4.77. The predicted octanol–water partition coefficient (Wildman–Crippen LogP) is 3.70. The minimum Gasteiger partial charge on any atom is -0.490 e. The van der Waals surface area contributed by atoms with Crippen molar-refractivity contribution in [3.8, 4) is 5.75 Å². The van der Waals surface area contributed by atoms with Crippen LogP contribution in [-0.4, -0.2) is 56.2 Å². The van der Waals surface area contributed by atoms with Gasteiger partial charge in [0, 0.05) is 31.3 Å². The maximum absolute atomic E-state index is 13.2. The highest BCUT2D eigenvalue weighted by Crippen LogP contribution is 2.40. The maximum atomic E-state index is 13.2. The van der Waals surface area contributed by atoms with Gasteiger partial charge in [0.1, 0.15) is 12.4 Å². The number of halogens is 1. The van der Waals surface area contributed by atoms with E-state index in [1.807, 2.05) is 25.1 Å². The molecule has 0 spiro atoms. The van der Waals surface area contributed by atoms with E-state index in [1.165, 1.54) is 0 Å². The standard InChI is InChI=1S/C26H31ClN4O3/c1-26(16-23(32)31(25(28)29-26)19-8-11-33-12-9-19)20-5-3-4-18(24(20)27)14-17-6-7-21-22(15-17)34-13-10-30(21)2/h3-7,15,19H,8-14,16H2,1-2H3,(H2,28,29)/t26-/m0/s1. The number of likely N-dealkylation sites (N-methyl/N-ethyl adjacent to an activating group) is 1. The molecule has 180 valence electrons. The number of benzene rings is 2. The molecule has 2 aromatic rings. The van der Waals surface area contributed by atoms with Crippen LogP contribution in [0.3, 0.4) is 0 Å². The van der Waals surface area contributed by atoms with E-state index in [9.17, 15) is 4.79 Å². The van der Waals surface area contributed by atoms with Crippen LogP contribution in [0.5, 0.6) is 5.75 Å². The average Bonchev–Trinajstić information content (AvgIpc) is 2.80. The molecule has 0 radical (unpaired) electrons. The number of carbonyl (C=O) groups excluding carboxylic acids is 1. The third kappa shape index (κ3) is 4.23. The molecule has 0 aliphatic carbocycles. The van der Waals surface area contributed by atoms with Gasteiger partial charge in [-0.1, -0.05) is 35.9 Å². The van der Waals surface area contributed by atoms with Crippen molar-refractivity contribution >= 4 is 29.2 Å². The second-order valence-electron chi connectivity index (χ2n) is 9.56. The summed E-state index contributed by atoms with van der Waals surface area (Å²) < 4.78 is 11.3. The van der Waals surface area contributed by atoms with Crippen molar-refractivity contribution in [3.05, 3.63) is 58.1 Å². The second kappa shape index (κ2) is 9.12. The van der Waals surface area contributed by atoms with E-state index in [0.29, 0.717) is 31.3 Å². The zero-order valence-corrected chi connectivity index (χ0v) is 20.5. The van der Waals surface area contributed by atoms with Crippen molar-refractivity contribution in [1.29, 1.82) is 0 Å². The molecular formula is C26H31ClN4O3. The molecule has 1 atom stereocenters. The first-order valence-corrected chi connectivity index (χ1v) is 12.2. The number of aliphatic imine (C=N–C) groups is 1. The molecule has 0 unspecified atom stereocenters. The first-order chi connectivity index (χ1) is 16.4. The van der Waals surface area contributed by atoms with Crippen molar-refractivity contribution in [1.82, 2.24) is 4.90 Å². The number of nitrogens with two attached hydrogens (primary N) is 1. The molecule has 2 aromatic carbocycles. The molecule has 0 bridgehead atoms. The number of rotatable bonds is 4. The van der Waals surface area contributed by atoms with Gasteiger partial charge in [0.2, 0.25) is 5.91 Å². The number of hydrogen-bond donors (Lipinski definition) is 1. The number of hydrogen-bond acceptors (Lipinski definition) is 6. The van der Waals surface area contributed by atoms with Gasteiger partial charge in [-0.25, -0.2) is 4.99 Å². The van der Waals surface area contributed by atoms with Gasteiger partial charge in [0.25, 0.3) is 0 Å². The van der Waals surface area contributed by atoms with Crippen LogP contribution in [0.2, 0.25) is 5.02 Å². The van der Waals surface area contributed by atoms with Crippen molar-refractivity contribution in [2.45, 2.75) is 44.2 Å². The Kier molecular flexibility index (Phi) is 6.16. The van der Waals surface area contributed by atoms with E-state index in [2.05, 4.69) is 30.1 Å². The molecule has 7 nitrogen and oxygen atoms in total. The normalized spacial score (nSPS) is 23.4. The first-order valence-electron chi connectivity index (χ1n) is 11.9. The minimum atomic E-state index is -0.808. The number of ether oxygens (including phenoxy) is 2. The van der Waals surface area contributed by atoms with Crippen molar-refractivity contribution < 1.29 is 14.3 Å². The monoisotopic (exact) mass is 482 g/mol. The predicted molar refractivity (Wildman–Crippen MR) is 134 cm³/mol. The Balaban J connectivity index is 1.42. The molecule has 8 heteroatoms. The zero-order chi connectivity index (χ0) is 23.9. The molecule has 34 heavy (non-hydrogen) atoms. The molecule has 1 saturated heterocycles. The summed E-state index contributed by atoms with van der Waals surface area (Å²) in [4.78, 5) is 21.9. The Morgan fingerprint density at radius 1 is 1.21 bits per heavy atom. The number of carbonyl (C=O) groups is 1. The lowest BCUT2D eigenvalue weighted by atomic mass is 9.85. The highest BCUT2D eigenvalue weighted by molar-refractivity contribution is 6.32. The third-order valence-corrected chi connectivity index (χ3v) is 7.55. The van der Waals surface area contributed by atoms with E-state index in [1.54, 1.807) is 4.90 Å². The van der Waals surface area contributed by atoms with E-state index < -0.39 is 5.54 Å². The fourth-order valence-corrected chi connectivity index (χ4v) is 5.60. The van der Waals surface area contributed by atoms with Gasteiger partial charge in [0.05, 0.1) is 24.2 Å². The first kappa shape index (κ1) is 23.0. The van der Waals surface area contributed by atoms with Gasteiger partial charge in [0.15, 0.2) is 5.96 Å². The Hall–Kier alpha value is -2.77. The Labute approximate surface area is 205 Å². The molecule has 5 rings (SSSR count). The van der Waals surface area contributed by atoms with E-state index in [-0.39, 0.29) is 24.3 Å². The number of fused-ring (bicyclic) bond motifs is 1. The van der Waals surface area contributed by atoms with E-state index >= 15 is 0 Å². The van der Waals surface area contributed by atoms with Crippen molar-refractivity contribution in [2.75, 3.05) is 38.3 Å². The van der Waals surface area contributed by atoms with Gasteiger partial charge >= 0.3 is 0 Å². The van der Waals surface area contributed by atoms with Crippen LogP contribution in [0.1, 0.15) is 42.9 Å². The van der Waals surface area contributed by atoms with E-state index in [0.717, 1.165) is 47.5 Å². The lowest BCUT2D eigenvalue weighted by Gasteiger charge is -2.40. The average molecular weight is 483 g/mol. The lowest BCUT2D eigenvalue weighted by Crippen LogP contribution is -2.55. The summed E-state index contributed by atoms with van der Waals surface area (Å²) >= 11 is 6.94. The van der Waals surface area contributed by atoms with Crippen LogP contribution < -0.4 is 15.4 Å². The molecule has 3 aliphatic rings. The van der Waals surface area contributed by atoms with Crippen molar-refractivity contribution in [3.63, 3.8) is 0 Å². The highest BCUT2D eigenvalue weighted by atomic mass is 35.5. The second-order valence-corrected chi connectivity index (χ2v) is 9.93. The quantitative estimate of drug-likeness (QED) is 0.718. The van der Waals surface area contributed by atoms with Gasteiger partial charge in [-0.3, -0.25) is 9.69 Å². The summed E-state index contributed by atoms with van der Waals surface area (Å²) in [5.74, 6) is 1.15. The van der Waals surface area contributed by atoms with Crippen LogP contribution in [-0.2, 0) is 21.5 Å². The molecule has 2 N–H and O–H groups in total. The van der Waals surface area contributed by atoms with E-state index in [4.69, 9.17) is 31.8 Å². The van der Waals surface area contributed by atoms with Crippen LogP contribution in [0.15, 0.2) is 41.4 Å². The van der Waals surface area contributed by atoms with Crippen LogP contribution in [0.25, 0.3) is 0 Å². The lowest BCUT2D eigenvalue weighted by molar-refractivity contribution is -0.132. The Morgan fingerprint density at radius 2 is 2.00 bits per heavy atom. The van der Waals surface area contributed by atoms with Gasteiger partial charge < -0.3 is 20.1 Å². The van der Waals surface area contributed by atoms with Crippen LogP contribution in [0, 0.1) is 0 Å². The topological polar surface area (TPSA) is 80.4 Å². The van der Waals surface area contributed by atoms with Gasteiger partial charge in [-0.05, 0) is 55.0 Å².